The van der Waals surface area contributed by atoms with E-state index in [4.69, 9.17) is 9.26 Å². The minimum absolute atomic E-state index is 0.104. The standard InChI is InChI=1S/C30H31FN6O4/c1-21(33-28(38)23-9-5-12-32-20-23)30(39)37-16-14-36(15-17-37)13-6-18-40-24-10-11-25(26(31)19-24)27-34-29(41-35-27)22-7-3-2-4-8-22/h2-5,7-12,19-21H,6,13-18H2,1H3,(H,33,38)/t21-/m1/s1. The summed E-state index contributed by atoms with van der Waals surface area (Å²) in [5.74, 6) is 0.0145. The fraction of sp³-hybridized carbons (Fsp3) is 0.300. The third-order valence-electron chi connectivity index (χ3n) is 6.84. The summed E-state index contributed by atoms with van der Waals surface area (Å²) >= 11 is 0. The first kappa shape index (κ1) is 27.9. The molecule has 3 heterocycles. The highest BCUT2D eigenvalue weighted by atomic mass is 19.1. The average molecular weight is 559 g/mol. The second-order valence-electron chi connectivity index (χ2n) is 9.74. The predicted octanol–water partition coefficient (Wildman–Crippen LogP) is 3.67. The van der Waals surface area contributed by atoms with Crippen LogP contribution in [-0.2, 0) is 4.79 Å². The van der Waals surface area contributed by atoms with Gasteiger partial charge < -0.3 is 19.5 Å². The van der Waals surface area contributed by atoms with Gasteiger partial charge in [-0.05, 0) is 49.7 Å². The Morgan fingerprint density at radius 1 is 1.07 bits per heavy atom. The highest BCUT2D eigenvalue weighted by Crippen LogP contribution is 2.26. The summed E-state index contributed by atoms with van der Waals surface area (Å²) < 4.78 is 25.8. The van der Waals surface area contributed by atoms with Crippen molar-refractivity contribution in [2.45, 2.75) is 19.4 Å². The molecule has 212 valence electrons. The molecule has 0 saturated carbocycles. The molecule has 1 fully saturated rings. The molecule has 1 aliphatic rings. The maximum Gasteiger partial charge on any atom is 0.258 e. The number of aromatic nitrogens is 3. The van der Waals surface area contributed by atoms with Crippen molar-refractivity contribution in [3.8, 4) is 28.6 Å². The second kappa shape index (κ2) is 13.1. The third kappa shape index (κ3) is 7.12. The number of piperazine rings is 1. The first-order valence-corrected chi connectivity index (χ1v) is 13.5. The molecule has 0 spiro atoms. The van der Waals surface area contributed by atoms with E-state index in [9.17, 15) is 14.0 Å². The van der Waals surface area contributed by atoms with Crippen LogP contribution in [0.15, 0.2) is 77.6 Å². The van der Waals surface area contributed by atoms with E-state index in [1.54, 1.807) is 42.3 Å². The molecular weight excluding hydrogens is 527 g/mol. The van der Waals surface area contributed by atoms with Gasteiger partial charge in [0.1, 0.15) is 17.6 Å². The SMILES string of the molecule is C[C@@H](NC(=O)c1cccnc1)C(=O)N1CCN(CCCOc2ccc(-c3noc(-c4ccccc4)n3)c(F)c2)CC1. The van der Waals surface area contributed by atoms with Crippen molar-refractivity contribution >= 4 is 11.8 Å². The van der Waals surface area contributed by atoms with E-state index in [-0.39, 0.29) is 23.2 Å². The topological polar surface area (TPSA) is 114 Å². The lowest BCUT2D eigenvalue weighted by atomic mass is 10.2. The van der Waals surface area contributed by atoms with Gasteiger partial charge in [0.25, 0.3) is 11.8 Å². The minimum atomic E-state index is -0.625. The molecular formula is C30H31FN6O4. The number of hydrogen-bond donors (Lipinski definition) is 1. The maximum atomic E-state index is 14.8. The normalized spacial score (nSPS) is 14.4. The largest absolute Gasteiger partial charge is 0.493 e. The van der Waals surface area contributed by atoms with Crippen molar-refractivity contribution in [1.29, 1.82) is 0 Å². The van der Waals surface area contributed by atoms with E-state index in [1.165, 1.54) is 12.3 Å². The number of carbonyl (C=O) groups excluding carboxylic acids is 2. The molecule has 1 atom stereocenters. The number of nitrogens with one attached hydrogen (secondary N) is 1. The fourth-order valence-electron chi connectivity index (χ4n) is 4.58. The van der Waals surface area contributed by atoms with Crippen LogP contribution in [0.3, 0.4) is 0 Å². The molecule has 1 N–H and O–H groups in total. The van der Waals surface area contributed by atoms with E-state index in [1.807, 2.05) is 30.3 Å². The van der Waals surface area contributed by atoms with Crippen LogP contribution in [-0.4, -0.2) is 82.1 Å². The number of benzene rings is 2. The average Bonchev–Trinajstić information content (AvgIpc) is 3.50. The van der Waals surface area contributed by atoms with Crippen molar-refractivity contribution in [2.75, 3.05) is 39.3 Å². The molecule has 0 aliphatic carbocycles. The van der Waals surface area contributed by atoms with E-state index in [0.717, 1.165) is 31.6 Å². The third-order valence-corrected chi connectivity index (χ3v) is 6.84. The predicted molar refractivity (Wildman–Crippen MR) is 149 cm³/mol. The number of hydrogen-bond acceptors (Lipinski definition) is 8. The van der Waals surface area contributed by atoms with Gasteiger partial charge in [-0.2, -0.15) is 4.98 Å². The lowest BCUT2D eigenvalue weighted by Crippen LogP contribution is -2.54. The zero-order valence-corrected chi connectivity index (χ0v) is 22.7. The van der Waals surface area contributed by atoms with Crippen molar-refractivity contribution < 1.29 is 23.2 Å². The van der Waals surface area contributed by atoms with Gasteiger partial charge >= 0.3 is 0 Å². The smallest absolute Gasteiger partial charge is 0.258 e. The van der Waals surface area contributed by atoms with Crippen LogP contribution in [0.5, 0.6) is 5.75 Å². The lowest BCUT2D eigenvalue weighted by molar-refractivity contribution is -0.134. The van der Waals surface area contributed by atoms with Gasteiger partial charge in [-0.15, -0.1) is 0 Å². The first-order valence-electron chi connectivity index (χ1n) is 13.5. The van der Waals surface area contributed by atoms with Crippen LogP contribution in [0.4, 0.5) is 4.39 Å². The van der Waals surface area contributed by atoms with E-state index in [2.05, 4.69) is 25.3 Å². The van der Waals surface area contributed by atoms with E-state index < -0.39 is 11.9 Å². The lowest BCUT2D eigenvalue weighted by Gasteiger charge is -2.36. The molecule has 1 saturated heterocycles. The highest BCUT2D eigenvalue weighted by molar-refractivity contribution is 5.97. The quantitative estimate of drug-likeness (QED) is 0.294. The Balaban J connectivity index is 1.03. The number of rotatable bonds is 10. The molecule has 2 aromatic carbocycles. The molecule has 0 radical (unpaired) electrons. The summed E-state index contributed by atoms with van der Waals surface area (Å²) in [5, 5.41) is 6.66. The number of amides is 2. The second-order valence-corrected chi connectivity index (χ2v) is 9.74. The number of carbonyl (C=O) groups is 2. The van der Waals surface area contributed by atoms with Crippen molar-refractivity contribution in [2.24, 2.45) is 0 Å². The van der Waals surface area contributed by atoms with Crippen molar-refractivity contribution in [3.05, 3.63) is 84.4 Å². The summed E-state index contributed by atoms with van der Waals surface area (Å²) in [6, 6.07) is 16.6. The van der Waals surface area contributed by atoms with Crippen LogP contribution in [0.25, 0.3) is 22.8 Å². The summed E-state index contributed by atoms with van der Waals surface area (Å²) in [6.07, 6.45) is 3.81. The number of ether oxygens (including phenoxy) is 1. The molecule has 2 aromatic heterocycles. The summed E-state index contributed by atoms with van der Waals surface area (Å²) in [4.78, 5) is 37.4. The molecule has 11 heteroatoms. The summed E-state index contributed by atoms with van der Waals surface area (Å²) in [5.41, 5.74) is 1.42. The minimum Gasteiger partial charge on any atom is -0.493 e. The Hall–Kier alpha value is -4.64. The molecule has 1 aliphatic heterocycles. The fourth-order valence-corrected chi connectivity index (χ4v) is 4.58. The van der Waals surface area contributed by atoms with E-state index in [0.29, 0.717) is 36.9 Å². The zero-order valence-electron chi connectivity index (χ0n) is 22.7. The molecule has 41 heavy (non-hydrogen) atoms. The summed E-state index contributed by atoms with van der Waals surface area (Å²) in [7, 11) is 0. The Kier molecular flexibility index (Phi) is 8.95. The van der Waals surface area contributed by atoms with Gasteiger partial charge in [-0.1, -0.05) is 23.4 Å². The van der Waals surface area contributed by atoms with Gasteiger partial charge in [-0.25, -0.2) is 4.39 Å². The maximum absolute atomic E-state index is 14.8. The van der Waals surface area contributed by atoms with Crippen molar-refractivity contribution in [1.82, 2.24) is 30.2 Å². The monoisotopic (exact) mass is 558 g/mol. The number of pyridine rings is 1. The van der Waals surface area contributed by atoms with Crippen LogP contribution in [0, 0.1) is 5.82 Å². The van der Waals surface area contributed by atoms with Gasteiger partial charge in [0.05, 0.1) is 17.7 Å². The molecule has 2 amide bonds. The summed E-state index contributed by atoms with van der Waals surface area (Å²) in [6.45, 7) is 5.54. The van der Waals surface area contributed by atoms with Crippen LogP contribution in [0.2, 0.25) is 0 Å². The highest BCUT2D eigenvalue weighted by Gasteiger charge is 2.26. The first-order chi connectivity index (χ1) is 20.0. The number of nitrogens with zero attached hydrogens (tertiary/aromatic N) is 5. The Morgan fingerprint density at radius 2 is 1.88 bits per heavy atom. The van der Waals surface area contributed by atoms with Crippen LogP contribution < -0.4 is 10.1 Å². The van der Waals surface area contributed by atoms with Gasteiger partial charge in [-0.3, -0.25) is 19.5 Å². The zero-order chi connectivity index (χ0) is 28.6. The van der Waals surface area contributed by atoms with Crippen LogP contribution in [0.1, 0.15) is 23.7 Å². The number of halogens is 1. The van der Waals surface area contributed by atoms with Gasteiger partial charge in [0.15, 0.2) is 0 Å². The molecule has 0 bridgehead atoms. The molecule has 0 unspecified atom stereocenters. The van der Waals surface area contributed by atoms with E-state index >= 15 is 0 Å². The molecule has 4 aromatic rings. The Bertz CT molecular complexity index is 1460. The molecule has 10 nitrogen and oxygen atoms in total. The van der Waals surface area contributed by atoms with Crippen molar-refractivity contribution in [3.63, 3.8) is 0 Å². The van der Waals surface area contributed by atoms with Gasteiger partial charge in [0.2, 0.25) is 11.7 Å². The Morgan fingerprint density at radius 3 is 2.61 bits per heavy atom. The molecule has 5 rings (SSSR count). The Labute approximate surface area is 237 Å². The van der Waals surface area contributed by atoms with Crippen LogP contribution >= 0.6 is 0 Å². The van der Waals surface area contributed by atoms with Gasteiger partial charge in [0, 0.05) is 56.7 Å².